The molecule has 1 amide bonds. The SMILES string of the molecule is O=C([O-])C1CCCCC1C(=O)Nc1ccccc1Nc1ccccc1. The van der Waals surface area contributed by atoms with Crippen LogP contribution in [0.2, 0.25) is 0 Å². The molecule has 2 unspecified atom stereocenters. The molecule has 2 atom stereocenters. The number of carboxylic acids is 1. The summed E-state index contributed by atoms with van der Waals surface area (Å²) in [5, 5.41) is 17.5. The molecule has 130 valence electrons. The highest BCUT2D eigenvalue weighted by Gasteiger charge is 2.32. The van der Waals surface area contributed by atoms with Crippen LogP contribution in [0, 0.1) is 11.8 Å². The standard InChI is InChI=1S/C20H22N2O3/c23-19(15-10-4-5-11-16(15)20(24)25)22-18-13-7-6-12-17(18)21-14-8-2-1-3-9-14/h1-3,6-9,12-13,15-16,21H,4-5,10-11H2,(H,22,23)(H,24,25)/p-1. The molecule has 0 bridgehead atoms. The Morgan fingerprint density at radius 1 is 0.840 bits per heavy atom. The Hall–Kier alpha value is -2.82. The molecule has 3 rings (SSSR count). The van der Waals surface area contributed by atoms with Crippen LogP contribution in [0.4, 0.5) is 17.1 Å². The summed E-state index contributed by atoms with van der Waals surface area (Å²) in [5.74, 6) is -2.63. The minimum atomic E-state index is -1.13. The third kappa shape index (κ3) is 4.18. The Labute approximate surface area is 147 Å². The molecule has 0 radical (unpaired) electrons. The van der Waals surface area contributed by atoms with Crippen molar-refractivity contribution in [1.82, 2.24) is 0 Å². The predicted octanol–water partition coefficient (Wildman–Crippen LogP) is 2.92. The van der Waals surface area contributed by atoms with Gasteiger partial charge in [-0.05, 0) is 37.1 Å². The van der Waals surface area contributed by atoms with Gasteiger partial charge in [-0.25, -0.2) is 0 Å². The quantitative estimate of drug-likeness (QED) is 0.879. The number of hydrogen-bond acceptors (Lipinski definition) is 4. The van der Waals surface area contributed by atoms with E-state index >= 15 is 0 Å². The van der Waals surface area contributed by atoms with Crippen LogP contribution < -0.4 is 15.7 Å². The molecule has 5 heteroatoms. The number of benzene rings is 2. The molecule has 25 heavy (non-hydrogen) atoms. The largest absolute Gasteiger partial charge is 0.550 e. The number of carbonyl (C=O) groups is 2. The fourth-order valence-corrected chi connectivity index (χ4v) is 3.33. The molecular formula is C20H21N2O3-. The van der Waals surface area contributed by atoms with Crippen LogP contribution in [0.15, 0.2) is 54.6 Å². The first-order valence-electron chi connectivity index (χ1n) is 8.58. The molecule has 5 nitrogen and oxygen atoms in total. The lowest BCUT2D eigenvalue weighted by Gasteiger charge is -2.31. The molecular weight excluding hydrogens is 316 g/mol. The lowest BCUT2D eigenvalue weighted by atomic mass is 9.78. The van der Waals surface area contributed by atoms with Crippen molar-refractivity contribution in [3.8, 4) is 0 Å². The van der Waals surface area contributed by atoms with Crippen molar-refractivity contribution >= 4 is 28.9 Å². The molecule has 1 aliphatic carbocycles. The predicted molar refractivity (Wildman–Crippen MR) is 95.3 cm³/mol. The van der Waals surface area contributed by atoms with Gasteiger partial charge in [-0.3, -0.25) is 4.79 Å². The number of para-hydroxylation sites is 3. The van der Waals surface area contributed by atoms with Gasteiger partial charge in [0.25, 0.3) is 0 Å². The van der Waals surface area contributed by atoms with Gasteiger partial charge >= 0.3 is 0 Å². The summed E-state index contributed by atoms with van der Waals surface area (Å²) >= 11 is 0. The summed E-state index contributed by atoms with van der Waals surface area (Å²) in [5.41, 5.74) is 2.32. The van der Waals surface area contributed by atoms with Crippen LogP contribution >= 0.6 is 0 Å². The molecule has 2 aromatic rings. The first-order chi connectivity index (χ1) is 12.1. The first-order valence-corrected chi connectivity index (χ1v) is 8.58. The third-order valence-electron chi connectivity index (χ3n) is 4.64. The van der Waals surface area contributed by atoms with E-state index in [0.29, 0.717) is 18.5 Å². The normalized spacial score (nSPS) is 19.8. The minimum absolute atomic E-state index is 0.254. The first kappa shape index (κ1) is 17.0. The molecule has 0 aromatic heterocycles. The van der Waals surface area contributed by atoms with E-state index < -0.39 is 17.8 Å². The number of rotatable bonds is 5. The van der Waals surface area contributed by atoms with Crippen LogP contribution in [0.5, 0.6) is 0 Å². The van der Waals surface area contributed by atoms with E-state index in [9.17, 15) is 14.7 Å². The number of amides is 1. The molecule has 1 saturated carbocycles. The van der Waals surface area contributed by atoms with E-state index in [4.69, 9.17) is 0 Å². The molecule has 1 aliphatic rings. The fraction of sp³-hybridized carbons (Fsp3) is 0.300. The average molecular weight is 337 g/mol. The number of carbonyl (C=O) groups excluding carboxylic acids is 2. The lowest BCUT2D eigenvalue weighted by molar-refractivity contribution is -0.313. The summed E-state index contributed by atoms with van der Waals surface area (Å²) in [6.07, 6.45) is 2.78. The van der Waals surface area contributed by atoms with E-state index in [1.165, 1.54) is 0 Å². The van der Waals surface area contributed by atoms with E-state index in [1.54, 1.807) is 6.07 Å². The maximum Gasteiger partial charge on any atom is 0.228 e. The van der Waals surface area contributed by atoms with Crippen molar-refractivity contribution in [2.45, 2.75) is 25.7 Å². The zero-order valence-corrected chi connectivity index (χ0v) is 13.9. The maximum absolute atomic E-state index is 12.7. The Kier molecular flexibility index (Phi) is 5.33. The second-order valence-electron chi connectivity index (χ2n) is 6.34. The van der Waals surface area contributed by atoms with Crippen LogP contribution in [0.25, 0.3) is 0 Å². The average Bonchev–Trinajstić information content (AvgIpc) is 2.64. The monoisotopic (exact) mass is 337 g/mol. The molecule has 2 N–H and O–H groups in total. The van der Waals surface area contributed by atoms with Gasteiger partial charge in [0.1, 0.15) is 0 Å². The summed E-state index contributed by atoms with van der Waals surface area (Å²) in [4.78, 5) is 24.0. The number of carboxylic acid groups (broad SMARTS) is 1. The molecule has 0 heterocycles. The van der Waals surface area contributed by atoms with Gasteiger partial charge in [0.15, 0.2) is 0 Å². The summed E-state index contributed by atoms with van der Waals surface area (Å²) < 4.78 is 0. The lowest BCUT2D eigenvalue weighted by Crippen LogP contribution is -2.42. The topological polar surface area (TPSA) is 81.3 Å². The van der Waals surface area contributed by atoms with E-state index in [2.05, 4.69) is 10.6 Å². The fourth-order valence-electron chi connectivity index (χ4n) is 3.33. The van der Waals surface area contributed by atoms with Crippen LogP contribution in [0.1, 0.15) is 25.7 Å². The zero-order valence-electron chi connectivity index (χ0n) is 13.9. The molecule has 0 aliphatic heterocycles. The molecule has 0 spiro atoms. The second kappa shape index (κ2) is 7.83. The van der Waals surface area contributed by atoms with Gasteiger partial charge in [-0.15, -0.1) is 0 Å². The number of aliphatic carboxylic acids is 1. The summed E-state index contributed by atoms with van der Waals surface area (Å²) in [6, 6.07) is 17.1. The highest BCUT2D eigenvalue weighted by atomic mass is 16.4. The van der Waals surface area contributed by atoms with Crippen molar-refractivity contribution in [1.29, 1.82) is 0 Å². The van der Waals surface area contributed by atoms with Gasteiger partial charge in [0.2, 0.25) is 5.91 Å². The zero-order chi connectivity index (χ0) is 17.6. The van der Waals surface area contributed by atoms with E-state index in [0.717, 1.165) is 24.2 Å². The Morgan fingerprint density at radius 2 is 1.44 bits per heavy atom. The highest BCUT2D eigenvalue weighted by molar-refractivity contribution is 5.98. The number of hydrogen-bond donors (Lipinski definition) is 2. The van der Waals surface area contributed by atoms with Gasteiger partial charge < -0.3 is 20.5 Å². The van der Waals surface area contributed by atoms with Crippen molar-refractivity contribution in [3.05, 3.63) is 54.6 Å². The minimum Gasteiger partial charge on any atom is -0.550 e. The summed E-state index contributed by atoms with van der Waals surface area (Å²) in [6.45, 7) is 0. The number of nitrogens with one attached hydrogen (secondary N) is 2. The third-order valence-corrected chi connectivity index (χ3v) is 4.64. The van der Waals surface area contributed by atoms with Crippen molar-refractivity contribution in [3.63, 3.8) is 0 Å². The van der Waals surface area contributed by atoms with Crippen LogP contribution in [-0.2, 0) is 9.59 Å². The Balaban J connectivity index is 1.76. The van der Waals surface area contributed by atoms with Gasteiger partial charge in [-0.1, -0.05) is 43.2 Å². The van der Waals surface area contributed by atoms with Gasteiger partial charge in [-0.2, -0.15) is 0 Å². The van der Waals surface area contributed by atoms with E-state index in [-0.39, 0.29) is 5.91 Å². The van der Waals surface area contributed by atoms with Crippen molar-refractivity contribution in [2.75, 3.05) is 10.6 Å². The van der Waals surface area contributed by atoms with E-state index in [1.807, 2.05) is 48.5 Å². The second-order valence-corrected chi connectivity index (χ2v) is 6.34. The number of anilines is 3. The van der Waals surface area contributed by atoms with Crippen LogP contribution in [0.3, 0.4) is 0 Å². The molecule has 0 saturated heterocycles. The Bertz CT molecular complexity index is 746. The smallest absolute Gasteiger partial charge is 0.228 e. The summed E-state index contributed by atoms with van der Waals surface area (Å²) in [7, 11) is 0. The van der Waals surface area contributed by atoms with Crippen molar-refractivity contribution < 1.29 is 14.7 Å². The molecule has 1 fully saturated rings. The van der Waals surface area contributed by atoms with Gasteiger partial charge in [0.05, 0.1) is 11.4 Å². The maximum atomic E-state index is 12.7. The molecule has 2 aromatic carbocycles. The Morgan fingerprint density at radius 3 is 2.12 bits per heavy atom. The highest BCUT2D eigenvalue weighted by Crippen LogP contribution is 2.32. The van der Waals surface area contributed by atoms with Crippen molar-refractivity contribution in [2.24, 2.45) is 11.8 Å². The van der Waals surface area contributed by atoms with Gasteiger partial charge in [0, 0.05) is 23.5 Å². The van der Waals surface area contributed by atoms with Crippen LogP contribution in [-0.4, -0.2) is 11.9 Å².